The Bertz CT molecular complexity index is 1280. The summed E-state index contributed by atoms with van der Waals surface area (Å²) in [6, 6.07) is 4.79. The molecule has 11 nitrogen and oxygen atoms in total. The first-order valence-electron chi connectivity index (χ1n) is 10.8. The highest BCUT2D eigenvalue weighted by molar-refractivity contribution is 6.35. The second-order valence-corrected chi connectivity index (χ2v) is 8.95. The first-order valence-corrected chi connectivity index (χ1v) is 11.6. The highest BCUT2D eigenvalue weighted by Gasteiger charge is 2.26. The molecule has 0 aliphatic carbocycles. The van der Waals surface area contributed by atoms with E-state index in [-0.39, 0.29) is 30.9 Å². The fraction of sp³-hybridized carbons (Fsp3) is 0.476. The fourth-order valence-corrected chi connectivity index (χ4v) is 4.46. The van der Waals surface area contributed by atoms with E-state index in [9.17, 15) is 19.8 Å². The van der Waals surface area contributed by atoms with Gasteiger partial charge in [-0.3, -0.25) is 19.2 Å². The first kappa shape index (κ1) is 24.6. The van der Waals surface area contributed by atoms with Gasteiger partial charge in [-0.1, -0.05) is 23.2 Å². The van der Waals surface area contributed by atoms with Gasteiger partial charge in [0.25, 0.3) is 5.56 Å². The number of nitrogens with one attached hydrogen (secondary N) is 1. The van der Waals surface area contributed by atoms with Crippen LogP contribution in [0.15, 0.2) is 27.8 Å². The number of hydrogen-bond acceptors (Lipinski definition) is 8. The van der Waals surface area contributed by atoms with Gasteiger partial charge in [0.05, 0.1) is 18.2 Å². The lowest BCUT2D eigenvalue weighted by atomic mass is 10.3. The standard InChI is InChI=1S/C21H26Cl2N6O5/c1-26-18-17(19(32)25-21(26)33)29(20(24-18)28-6-4-27(5-7-28)8-9-30)11-14(31)12-34-16-3-2-13(22)10-15(16)23/h2-3,10,14,30-31H,4-9,11-12H2,1H3,(H,25,32,33). The van der Waals surface area contributed by atoms with Gasteiger partial charge < -0.3 is 24.4 Å². The average Bonchev–Trinajstić information content (AvgIpc) is 3.17. The lowest BCUT2D eigenvalue weighted by Gasteiger charge is -2.35. The second kappa shape index (κ2) is 10.4. The molecular formula is C21H26Cl2N6O5. The van der Waals surface area contributed by atoms with Gasteiger partial charge in [0.2, 0.25) is 5.95 Å². The molecule has 184 valence electrons. The normalized spacial score (nSPS) is 15.7. The molecule has 3 aromatic rings. The number of H-pyrrole nitrogens is 1. The monoisotopic (exact) mass is 512 g/mol. The maximum absolute atomic E-state index is 12.7. The minimum Gasteiger partial charge on any atom is -0.489 e. The van der Waals surface area contributed by atoms with Crippen molar-refractivity contribution < 1.29 is 14.9 Å². The Labute approximate surface area is 204 Å². The third-order valence-electron chi connectivity index (χ3n) is 5.78. The van der Waals surface area contributed by atoms with Gasteiger partial charge in [0.1, 0.15) is 18.5 Å². The Balaban J connectivity index is 1.62. The molecule has 1 aliphatic rings. The molecule has 13 heteroatoms. The number of aryl methyl sites for hydroxylation is 1. The Morgan fingerprint density at radius 3 is 2.62 bits per heavy atom. The Morgan fingerprint density at radius 2 is 1.94 bits per heavy atom. The SMILES string of the molecule is Cn1c(=O)[nH]c(=O)c2c1nc(N1CCN(CCO)CC1)n2CC(O)COc1ccc(Cl)cc1Cl. The van der Waals surface area contributed by atoms with Crippen LogP contribution in [0.25, 0.3) is 11.2 Å². The molecule has 1 atom stereocenters. The van der Waals surface area contributed by atoms with Crippen molar-refractivity contribution in [1.82, 2.24) is 24.0 Å². The molecule has 1 unspecified atom stereocenters. The van der Waals surface area contributed by atoms with Gasteiger partial charge in [0, 0.05) is 44.8 Å². The molecule has 34 heavy (non-hydrogen) atoms. The van der Waals surface area contributed by atoms with E-state index in [1.807, 2.05) is 4.90 Å². The van der Waals surface area contributed by atoms with Crippen molar-refractivity contribution >= 4 is 40.3 Å². The molecule has 0 spiro atoms. The number of β-amino-alcohol motifs (C(OH)–C–C–N with tert-alkyl or cyclic N) is 1. The van der Waals surface area contributed by atoms with Crippen LogP contribution in [0.1, 0.15) is 0 Å². The molecule has 2 aromatic heterocycles. The molecule has 1 aromatic carbocycles. The summed E-state index contributed by atoms with van der Waals surface area (Å²) < 4.78 is 8.55. The number of imidazole rings is 1. The molecule has 4 rings (SSSR count). The van der Waals surface area contributed by atoms with Crippen molar-refractivity contribution in [2.75, 3.05) is 50.8 Å². The van der Waals surface area contributed by atoms with Crippen LogP contribution in [0.2, 0.25) is 10.0 Å². The summed E-state index contributed by atoms with van der Waals surface area (Å²) in [4.78, 5) is 35.9. The highest BCUT2D eigenvalue weighted by Crippen LogP contribution is 2.28. The van der Waals surface area contributed by atoms with Crippen LogP contribution in [-0.4, -0.2) is 86.3 Å². The van der Waals surface area contributed by atoms with Crippen LogP contribution < -0.4 is 20.9 Å². The lowest BCUT2D eigenvalue weighted by Crippen LogP contribution is -2.48. The Kier molecular flexibility index (Phi) is 7.48. The van der Waals surface area contributed by atoms with Crippen molar-refractivity contribution in [3.63, 3.8) is 0 Å². The summed E-state index contributed by atoms with van der Waals surface area (Å²) >= 11 is 12.0. The number of nitrogens with zero attached hydrogens (tertiary/aromatic N) is 5. The van der Waals surface area contributed by atoms with Crippen LogP contribution >= 0.6 is 23.2 Å². The number of halogens is 2. The van der Waals surface area contributed by atoms with E-state index in [0.29, 0.717) is 54.5 Å². The number of fused-ring (bicyclic) bond motifs is 1. The second-order valence-electron chi connectivity index (χ2n) is 8.10. The quantitative estimate of drug-likeness (QED) is 0.392. The molecule has 0 saturated carbocycles. The minimum atomic E-state index is -1.00. The zero-order valence-corrected chi connectivity index (χ0v) is 20.1. The largest absolute Gasteiger partial charge is 0.489 e. The van der Waals surface area contributed by atoms with Gasteiger partial charge in [-0.2, -0.15) is 4.98 Å². The number of piperazine rings is 1. The van der Waals surface area contributed by atoms with Crippen molar-refractivity contribution in [3.8, 4) is 5.75 Å². The molecular weight excluding hydrogens is 487 g/mol. The summed E-state index contributed by atoms with van der Waals surface area (Å²) in [7, 11) is 1.53. The summed E-state index contributed by atoms with van der Waals surface area (Å²) in [6.45, 7) is 3.23. The van der Waals surface area contributed by atoms with E-state index in [1.54, 1.807) is 22.8 Å². The Morgan fingerprint density at radius 1 is 1.21 bits per heavy atom. The third-order valence-corrected chi connectivity index (χ3v) is 6.31. The molecule has 1 aliphatic heterocycles. The average molecular weight is 513 g/mol. The van der Waals surface area contributed by atoms with Gasteiger partial charge in [-0.25, -0.2) is 4.79 Å². The maximum atomic E-state index is 12.7. The fourth-order valence-electron chi connectivity index (χ4n) is 3.99. The van der Waals surface area contributed by atoms with Gasteiger partial charge in [0.15, 0.2) is 11.2 Å². The molecule has 1 saturated heterocycles. The Hall–Kier alpha value is -2.57. The number of ether oxygens (including phenoxy) is 1. The maximum Gasteiger partial charge on any atom is 0.329 e. The number of aromatic nitrogens is 4. The predicted octanol–water partition coefficient (Wildman–Crippen LogP) is 0.284. The number of aromatic amines is 1. The van der Waals surface area contributed by atoms with Crippen LogP contribution in [0.5, 0.6) is 5.75 Å². The topological polar surface area (TPSA) is 129 Å². The van der Waals surface area contributed by atoms with Crippen molar-refractivity contribution in [2.45, 2.75) is 12.6 Å². The molecule has 3 heterocycles. The molecule has 3 N–H and O–H groups in total. The number of anilines is 1. The number of aliphatic hydroxyl groups excluding tert-OH is 2. The number of rotatable bonds is 8. The third kappa shape index (κ3) is 5.08. The van der Waals surface area contributed by atoms with E-state index in [1.165, 1.54) is 11.6 Å². The summed E-state index contributed by atoms with van der Waals surface area (Å²) in [5.74, 6) is 0.856. The zero-order chi connectivity index (χ0) is 24.4. The number of hydrogen-bond donors (Lipinski definition) is 3. The highest BCUT2D eigenvalue weighted by atomic mass is 35.5. The van der Waals surface area contributed by atoms with E-state index in [2.05, 4.69) is 14.9 Å². The predicted molar refractivity (Wildman–Crippen MR) is 129 cm³/mol. The van der Waals surface area contributed by atoms with Crippen molar-refractivity contribution in [2.24, 2.45) is 7.05 Å². The summed E-state index contributed by atoms with van der Waals surface area (Å²) in [6.07, 6.45) is -1.00. The number of aliphatic hydroxyl groups is 2. The van der Waals surface area contributed by atoms with E-state index in [0.717, 1.165) is 0 Å². The summed E-state index contributed by atoms with van der Waals surface area (Å²) in [5.41, 5.74) is -0.721. The molecule has 0 bridgehead atoms. The van der Waals surface area contributed by atoms with Crippen LogP contribution in [0.4, 0.5) is 5.95 Å². The van der Waals surface area contributed by atoms with Crippen molar-refractivity contribution in [3.05, 3.63) is 49.1 Å². The lowest BCUT2D eigenvalue weighted by molar-refractivity contribution is 0.0935. The van der Waals surface area contributed by atoms with E-state index in [4.69, 9.17) is 27.9 Å². The molecule has 1 fully saturated rings. The first-order chi connectivity index (χ1) is 16.3. The zero-order valence-electron chi connectivity index (χ0n) is 18.6. The van der Waals surface area contributed by atoms with Crippen LogP contribution in [0, 0.1) is 0 Å². The smallest absolute Gasteiger partial charge is 0.329 e. The summed E-state index contributed by atoms with van der Waals surface area (Å²) in [5, 5.41) is 20.7. The van der Waals surface area contributed by atoms with Gasteiger partial charge >= 0.3 is 5.69 Å². The van der Waals surface area contributed by atoms with Crippen LogP contribution in [0.3, 0.4) is 0 Å². The van der Waals surface area contributed by atoms with Gasteiger partial charge in [-0.15, -0.1) is 0 Å². The number of benzene rings is 1. The minimum absolute atomic E-state index is 0.00911. The van der Waals surface area contributed by atoms with Gasteiger partial charge in [-0.05, 0) is 18.2 Å². The van der Waals surface area contributed by atoms with E-state index < -0.39 is 17.4 Å². The van der Waals surface area contributed by atoms with Crippen LogP contribution in [-0.2, 0) is 13.6 Å². The van der Waals surface area contributed by atoms with E-state index >= 15 is 0 Å². The molecule has 0 radical (unpaired) electrons. The van der Waals surface area contributed by atoms with Crippen molar-refractivity contribution in [1.29, 1.82) is 0 Å². The molecule has 0 amide bonds.